The van der Waals surface area contributed by atoms with Crippen LogP contribution >= 0.6 is 11.3 Å². The Balaban J connectivity index is 1.56. The van der Waals surface area contributed by atoms with E-state index in [1.807, 2.05) is 18.2 Å². The molecule has 1 aromatic carbocycles. The summed E-state index contributed by atoms with van der Waals surface area (Å²) in [5.74, 6) is 1.08. The van der Waals surface area contributed by atoms with Gasteiger partial charge >= 0.3 is 0 Å². The van der Waals surface area contributed by atoms with Crippen molar-refractivity contribution in [3.05, 3.63) is 69.5 Å². The molecule has 5 heteroatoms. The number of ketones is 1. The molecule has 1 aliphatic rings. The Morgan fingerprint density at radius 3 is 2.82 bits per heavy atom. The topological polar surface area (TPSA) is 56.0 Å². The molecule has 1 saturated carbocycles. The Morgan fingerprint density at radius 1 is 1.23 bits per heavy atom. The van der Waals surface area contributed by atoms with Crippen LogP contribution < -0.4 is 0 Å². The minimum Gasteiger partial charge on any atom is -0.360 e. The average molecular weight is 310 g/mol. The van der Waals surface area contributed by atoms with Crippen molar-refractivity contribution in [1.82, 2.24) is 10.1 Å². The van der Waals surface area contributed by atoms with Crippen LogP contribution in [0.2, 0.25) is 0 Å². The van der Waals surface area contributed by atoms with E-state index in [9.17, 15) is 4.79 Å². The minimum absolute atomic E-state index is 0.0278. The standard InChI is InChI=1S/C17H14N2O2S/c20-16(13-9-19-21-17(13)12-6-7-12)14-10-18-15(22-14)8-11-4-2-1-3-5-11/h1-5,9-10,12H,6-8H2. The Kier molecular flexibility index (Phi) is 3.35. The zero-order valence-corrected chi connectivity index (χ0v) is 12.7. The maximum atomic E-state index is 12.6. The van der Waals surface area contributed by atoms with Gasteiger partial charge in [0, 0.05) is 18.5 Å². The summed E-state index contributed by atoms with van der Waals surface area (Å²) in [7, 11) is 0. The highest BCUT2D eigenvalue weighted by Gasteiger charge is 2.33. The first-order valence-corrected chi connectivity index (χ1v) is 8.11. The lowest BCUT2D eigenvalue weighted by Gasteiger charge is -1.97. The number of carbonyl (C=O) groups excluding carboxylic acids is 1. The van der Waals surface area contributed by atoms with E-state index in [4.69, 9.17) is 4.52 Å². The second-order valence-corrected chi connectivity index (χ2v) is 6.60. The summed E-state index contributed by atoms with van der Waals surface area (Å²) in [5, 5.41) is 4.74. The van der Waals surface area contributed by atoms with Crippen molar-refractivity contribution in [2.45, 2.75) is 25.2 Å². The van der Waals surface area contributed by atoms with Gasteiger partial charge in [0.15, 0.2) is 5.76 Å². The third-order valence-electron chi connectivity index (χ3n) is 3.77. The molecule has 1 aliphatic carbocycles. The van der Waals surface area contributed by atoms with E-state index in [2.05, 4.69) is 22.3 Å². The number of thiazole rings is 1. The van der Waals surface area contributed by atoms with Crippen LogP contribution in [0.1, 0.15) is 50.3 Å². The predicted molar refractivity (Wildman–Crippen MR) is 83.3 cm³/mol. The maximum absolute atomic E-state index is 12.6. The number of nitrogens with zero attached hydrogens (tertiary/aromatic N) is 2. The highest BCUT2D eigenvalue weighted by Crippen LogP contribution is 2.42. The van der Waals surface area contributed by atoms with Gasteiger partial charge in [-0.25, -0.2) is 4.98 Å². The lowest BCUT2D eigenvalue weighted by molar-refractivity contribution is 0.104. The van der Waals surface area contributed by atoms with Crippen molar-refractivity contribution < 1.29 is 9.32 Å². The average Bonchev–Trinajstić information content (AvgIpc) is 3.09. The largest absolute Gasteiger partial charge is 0.360 e. The smallest absolute Gasteiger partial charge is 0.209 e. The van der Waals surface area contributed by atoms with Gasteiger partial charge in [0.2, 0.25) is 5.78 Å². The summed E-state index contributed by atoms with van der Waals surface area (Å²) in [5.41, 5.74) is 1.79. The summed E-state index contributed by atoms with van der Waals surface area (Å²) in [4.78, 5) is 17.6. The molecular formula is C17H14N2O2S. The molecule has 22 heavy (non-hydrogen) atoms. The van der Waals surface area contributed by atoms with Crippen molar-refractivity contribution in [1.29, 1.82) is 0 Å². The first-order chi connectivity index (χ1) is 10.8. The van der Waals surface area contributed by atoms with E-state index in [0.717, 1.165) is 30.0 Å². The number of hydrogen-bond donors (Lipinski definition) is 0. The Morgan fingerprint density at radius 2 is 2.05 bits per heavy atom. The molecule has 4 rings (SSSR count). The lowest BCUT2D eigenvalue weighted by atomic mass is 10.1. The third-order valence-corrected chi connectivity index (χ3v) is 4.76. The van der Waals surface area contributed by atoms with E-state index >= 15 is 0 Å². The van der Waals surface area contributed by atoms with E-state index in [1.54, 1.807) is 6.20 Å². The molecular weight excluding hydrogens is 296 g/mol. The summed E-state index contributed by atoms with van der Waals surface area (Å²) in [6, 6.07) is 10.1. The van der Waals surface area contributed by atoms with Crippen molar-refractivity contribution in [3.63, 3.8) is 0 Å². The van der Waals surface area contributed by atoms with Crippen molar-refractivity contribution >= 4 is 17.1 Å². The molecule has 1 fully saturated rings. The molecule has 0 aliphatic heterocycles. The van der Waals surface area contributed by atoms with Crippen molar-refractivity contribution in [2.24, 2.45) is 0 Å². The number of hydrogen-bond acceptors (Lipinski definition) is 5. The lowest BCUT2D eigenvalue weighted by Crippen LogP contribution is -2.00. The Hall–Kier alpha value is -2.27. The molecule has 2 aromatic heterocycles. The van der Waals surface area contributed by atoms with E-state index in [-0.39, 0.29) is 5.78 Å². The van der Waals surface area contributed by atoms with Gasteiger partial charge in [-0.2, -0.15) is 0 Å². The first kappa shape index (κ1) is 13.4. The molecule has 0 spiro atoms. The van der Waals surface area contributed by atoms with Gasteiger partial charge in [0.05, 0.1) is 21.6 Å². The summed E-state index contributed by atoms with van der Waals surface area (Å²) >= 11 is 1.44. The van der Waals surface area contributed by atoms with E-state index in [0.29, 0.717) is 16.4 Å². The monoisotopic (exact) mass is 310 g/mol. The molecule has 0 radical (unpaired) electrons. The highest BCUT2D eigenvalue weighted by atomic mass is 32.1. The molecule has 0 saturated heterocycles. The van der Waals surface area contributed by atoms with Gasteiger partial charge in [0.25, 0.3) is 0 Å². The molecule has 0 unspecified atom stereocenters. The molecule has 0 N–H and O–H groups in total. The second kappa shape index (κ2) is 5.50. The number of rotatable bonds is 5. The van der Waals surface area contributed by atoms with Crippen molar-refractivity contribution in [3.8, 4) is 0 Å². The van der Waals surface area contributed by atoms with Gasteiger partial charge in [-0.15, -0.1) is 11.3 Å². The molecule has 3 aromatic rings. The van der Waals surface area contributed by atoms with Crippen LogP contribution in [0.5, 0.6) is 0 Å². The Bertz CT molecular complexity index is 803. The molecule has 0 bridgehead atoms. The maximum Gasteiger partial charge on any atom is 0.209 e. The summed E-state index contributed by atoms with van der Waals surface area (Å²) in [6.45, 7) is 0. The van der Waals surface area contributed by atoms with Crippen LogP contribution in [-0.2, 0) is 6.42 Å². The fraction of sp³-hybridized carbons (Fsp3) is 0.235. The summed E-state index contributed by atoms with van der Waals surface area (Å²) in [6.07, 6.45) is 6.11. The number of carbonyl (C=O) groups is 1. The van der Waals surface area contributed by atoms with Gasteiger partial charge in [-0.1, -0.05) is 35.5 Å². The molecule has 0 atom stereocenters. The molecule has 0 amide bonds. The highest BCUT2D eigenvalue weighted by molar-refractivity contribution is 7.13. The van der Waals surface area contributed by atoms with E-state index < -0.39 is 0 Å². The van der Waals surface area contributed by atoms with Crippen LogP contribution in [0.25, 0.3) is 0 Å². The van der Waals surface area contributed by atoms with Gasteiger partial charge in [-0.3, -0.25) is 4.79 Å². The summed E-state index contributed by atoms with van der Waals surface area (Å²) < 4.78 is 5.25. The fourth-order valence-electron chi connectivity index (χ4n) is 2.46. The first-order valence-electron chi connectivity index (χ1n) is 7.29. The minimum atomic E-state index is -0.0278. The zero-order chi connectivity index (χ0) is 14.9. The normalized spacial score (nSPS) is 14.2. The zero-order valence-electron chi connectivity index (χ0n) is 11.9. The molecule has 4 nitrogen and oxygen atoms in total. The van der Waals surface area contributed by atoms with Crippen LogP contribution in [0, 0.1) is 0 Å². The van der Waals surface area contributed by atoms with Crippen LogP contribution in [0.15, 0.2) is 47.2 Å². The second-order valence-electron chi connectivity index (χ2n) is 5.49. The van der Waals surface area contributed by atoms with E-state index in [1.165, 1.54) is 23.1 Å². The molecule has 110 valence electrons. The Labute approximate surface area is 131 Å². The van der Waals surface area contributed by atoms with Crippen LogP contribution in [0.3, 0.4) is 0 Å². The van der Waals surface area contributed by atoms with Crippen molar-refractivity contribution in [2.75, 3.05) is 0 Å². The number of aromatic nitrogens is 2. The van der Waals surface area contributed by atoms with Crippen LogP contribution in [0.4, 0.5) is 0 Å². The predicted octanol–water partition coefficient (Wildman–Crippen LogP) is 3.83. The quantitative estimate of drug-likeness (QED) is 0.672. The number of benzene rings is 1. The van der Waals surface area contributed by atoms with Crippen LogP contribution in [-0.4, -0.2) is 15.9 Å². The van der Waals surface area contributed by atoms with Gasteiger partial charge in [-0.05, 0) is 18.4 Å². The fourth-order valence-corrected chi connectivity index (χ4v) is 3.37. The van der Waals surface area contributed by atoms with Gasteiger partial charge in [0.1, 0.15) is 0 Å². The van der Waals surface area contributed by atoms with Gasteiger partial charge < -0.3 is 4.52 Å². The third kappa shape index (κ3) is 2.60. The molecule has 2 heterocycles. The SMILES string of the molecule is O=C(c1cnc(Cc2ccccc2)s1)c1cnoc1C1CC1.